The summed E-state index contributed by atoms with van der Waals surface area (Å²) in [5.74, 6) is -0.299. The molecule has 0 heterocycles. The van der Waals surface area contributed by atoms with Crippen molar-refractivity contribution in [2.45, 2.75) is 31.8 Å². The summed E-state index contributed by atoms with van der Waals surface area (Å²) in [6.45, 7) is 6.31. The Labute approximate surface area is 173 Å². The molecule has 0 radical (unpaired) electrons. The average molecular weight is 420 g/mol. The summed E-state index contributed by atoms with van der Waals surface area (Å²) >= 11 is 0. The van der Waals surface area contributed by atoms with Crippen LogP contribution in [0.3, 0.4) is 0 Å². The molecule has 2 aromatic carbocycles. The lowest BCUT2D eigenvalue weighted by atomic mass is 10.2. The first-order valence-corrected chi connectivity index (χ1v) is 11.1. The minimum absolute atomic E-state index is 0.0297. The van der Waals surface area contributed by atoms with E-state index in [1.807, 2.05) is 30.3 Å². The van der Waals surface area contributed by atoms with E-state index >= 15 is 0 Å². The maximum absolute atomic E-state index is 12.7. The van der Waals surface area contributed by atoms with Crippen molar-refractivity contribution < 1.29 is 18.3 Å². The molecule has 7 nitrogen and oxygen atoms in total. The number of nitrogens with zero attached hydrogens (tertiary/aromatic N) is 2. The third kappa shape index (κ3) is 6.28. The number of anilines is 2. The van der Waals surface area contributed by atoms with Crippen molar-refractivity contribution in [3.8, 4) is 0 Å². The van der Waals surface area contributed by atoms with Gasteiger partial charge in [-0.3, -0.25) is 4.79 Å². The predicted octanol–water partition coefficient (Wildman–Crippen LogP) is 2.54. The Hall–Kier alpha value is -2.42. The molecule has 2 N–H and O–H groups in total. The third-order valence-corrected chi connectivity index (χ3v) is 6.45. The molecule has 2 aromatic rings. The monoisotopic (exact) mass is 419 g/mol. The summed E-state index contributed by atoms with van der Waals surface area (Å²) in [5, 5.41) is 12.5. The Kier molecular flexibility index (Phi) is 8.19. The van der Waals surface area contributed by atoms with Gasteiger partial charge in [0.05, 0.1) is 17.5 Å². The van der Waals surface area contributed by atoms with Crippen LogP contribution in [0.25, 0.3) is 0 Å². The van der Waals surface area contributed by atoms with Crippen LogP contribution in [0.15, 0.2) is 59.5 Å². The average Bonchev–Trinajstić information content (AvgIpc) is 2.68. The maximum Gasteiger partial charge on any atom is 0.243 e. The second-order valence-corrected chi connectivity index (χ2v) is 8.67. The van der Waals surface area contributed by atoms with Gasteiger partial charge in [0, 0.05) is 31.0 Å². The van der Waals surface area contributed by atoms with Crippen LogP contribution in [0, 0.1) is 0 Å². The van der Waals surface area contributed by atoms with E-state index in [9.17, 15) is 18.3 Å². The van der Waals surface area contributed by atoms with E-state index in [4.69, 9.17) is 0 Å². The zero-order valence-electron chi connectivity index (χ0n) is 17.1. The molecule has 0 saturated carbocycles. The van der Waals surface area contributed by atoms with Crippen molar-refractivity contribution in [3.05, 3.63) is 54.6 Å². The smallest absolute Gasteiger partial charge is 0.243 e. The van der Waals surface area contributed by atoms with Crippen molar-refractivity contribution in [3.63, 3.8) is 0 Å². The number of amides is 1. The SMILES string of the molecule is CCN(CC)S(=O)(=O)c1cccc(NC(=O)CN(CC(C)O)c2ccccc2)c1. The number of hydrogen-bond acceptors (Lipinski definition) is 5. The lowest BCUT2D eigenvalue weighted by Crippen LogP contribution is -2.37. The van der Waals surface area contributed by atoms with Gasteiger partial charge < -0.3 is 15.3 Å². The van der Waals surface area contributed by atoms with Gasteiger partial charge in [0.1, 0.15) is 0 Å². The number of aliphatic hydroxyl groups is 1. The van der Waals surface area contributed by atoms with Gasteiger partial charge in [0.2, 0.25) is 15.9 Å². The quantitative estimate of drug-likeness (QED) is 0.618. The number of nitrogens with one attached hydrogen (secondary N) is 1. The fourth-order valence-corrected chi connectivity index (χ4v) is 4.54. The van der Waals surface area contributed by atoms with Gasteiger partial charge in [0.15, 0.2) is 0 Å². The Morgan fingerprint density at radius 1 is 1.07 bits per heavy atom. The number of carbonyl (C=O) groups is 1. The van der Waals surface area contributed by atoms with Crippen molar-refractivity contribution in [2.24, 2.45) is 0 Å². The highest BCUT2D eigenvalue weighted by Gasteiger charge is 2.22. The van der Waals surface area contributed by atoms with E-state index in [0.717, 1.165) is 5.69 Å². The second-order valence-electron chi connectivity index (χ2n) is 6.73. The number of rotatable bonds is 10. The van der Waals surface area contributed by atoms with Crippen molar-refractivity contribution in [1.82, 2.24) is 4.31 Å². The third-order valence-electron chi connectivity index (χ3n) is 4.40. The van der Waals surface area contributed by atoms with Gasteiger partial charge in [-0.25, -0.2) is 8.42 Å². The Balaban J connectivity index is 2.16. The van der Waals surface area contributed by atoms with Crippen LogP contribution < -0.4 is 10.2 Å². The molecular formula is C21H29N3O4S. The summed E-state index contributed by atoms with van der Waals surface area (Å²) < 4.78 is 26.8. The molecule has 8 heteroatoms. The van der Waals surface area contributed by atoms with E-state index in [-0.39, 0.29) is 17.3 Å². The molecule has 2 rings (SSSR count). The van der Waals surface area contributed by atoms with E-state index in [0.29, 0.717) is 25.3 Å². The van der Waals surface area contributed by atoms with E-state index in [2.05, 4.69) is 5.32 Å². The van der Waals surface area contributed by atoms with Crippen LogP contribution in [0.2, 0.25) is 0 Å². The summed E-state index contributed by atoms with van der Waals surface area (Å²) in [5.41, 5.74) is 1.23. The van der Waals surface area contributed by atoms with Gasteiger partial charge >= 0.3 is 0 Å². The van der Waals surface area contributed by atoms with Gasteiger partial charge in [-0.1, -0.05) is 38.1 Å². The molecule has 0 fully saturated rings. The van der Waals surface area contributed by atoms with E-state index in [1.165, 1.54) is 16.4 Å². The highest BCUT2D eigenvalue weighted by Crippen LogP contribution is 2.20. The molecule has 158 valence electrons. The van der Waals surface area contributed by atoms with Crippen LogP contribution in [0.5, 0.6) is 0 Å². The standard InChI is InChI=1S/C21H29N3O4S/c1-4-24(5-2)29(27,28)20-13-9-10-18(14-20)22-21(26)16-23(15-17(3)25)19-11-7-6-8-12-19/h6-14,17,25H,4-5,15-16H2,1-3H3,(H,22,26). The van der Waals surface area contributed by atoms with Crippen molar-refractivity contribution >= 4 is 27.3 Å². The van der Waals surface area contributed by atoms with E-state index < -0.39 is 16.1 Å². The fourth-order valence-electron chi connectivity index (χ4n) is 3.04. The topological polar surface area (TPSA) is 90.0 Å². The van der Waals surface area contributed by atoms with Crippen LogP contribution in [0.4, 0.5) is 11.4 Å². The first-order chi connectivity index (χ1) is 13.8. The fraction of sp³-hybridized carbons (Fsp3) is 0.381. The molecule has 0 aliphatic rings. The summed E-state index contributed by atoms with van der Waals surface area (Å²) in [7, 11) is -3.60. The molecule has 0 bridgehead atoms. The molecule has 1 unspecified atom stereocenters. The number of hydrogen-bond donors (Lipinski definition) is 2. The van der Waals surface area contributed by atoms with Crippen LogP contribution in [-0.2, 0) is 14.8 Å². The molecular weight excluding hydrogens is 390 g/mol. The lowest BCUT2D eigenvalue weighted by Gasteiger charge is -2.25. The first-order valence-electron chi connectivity index (χ1n) is 9.66. The largest absolute Gasteiger partial charge is 0.392 e. The van der Waals surface area contributed by atoms with Crippen LogP contribution in [-0.4, -0.2) is 56.0 Å². The van der Waals surface area contributed by atoms with Crippen molar-refractivity contribution in [1.29, 1.82) is 0 Å². The van der Waals surface area contributed by atoms with Crippen molar-refractivity contribution in [2.75, 3.05) is 36.4 Å². The maximum atomic E-state index is 12.7. The summed E-state index contributed by atoms with van der Waals surface area (Å²) in [4.78, 5) is 14.5. The Bertz CT molecular complexity index is 897. The minimum atomic E-state index is -3.60. The number of sulfonamides is 1. The lowest BCUT2D eigenvalue weighted by molar-refractivity contribution is -0.115. The van der Waals surface area contributed by atoms with Gasteiger partial charge in [-0.05, 0) is 37.3 Å². The van der Waals surface area contributed by atoms with Gasteiger partial charge in [-0.15, -0.1) is 0 Å². The molecule has 29 heavy (non-hydrogen) atoms. The number of benzene rings is 2. The number of aliphatic hydroxyl groups excluding tert-OH is 1. The van der Waals surface area contributed by atoms with Gasteiger partial charge in [0.25, 0.3) is 0 Å². The van der Waals surface area contributed by atoms with Gasteiger partial charge in [-0.2, -0.15) is 4.31 Å². The molecule has 0 aliphatic heterocycles. The molecule has 0 aromatic heterocycles. The first kappa shape index (κ1) is 22.9. The van der Waals surface area contributed by atoms with Crippen LogP contribution in [0.1, 0.15) is 20.8 Å². The highest BCUT2D eigenvalue weighted by atomic mass is 32.2. The normalized spacial score (nSPS) is 12.6. The zero-order valence-corrected chi connectivity index (χ0v) is 17.9. The molecule has 0 spiro atoms. The number of carbonyl (C=O) groups excluding carboxylic acids is 1. The molecule has 1 amide bonds. The predicted molar refractivity (Wildman–Crippen MR) is 116 cm³/mol. The number of para-hydroxylation sites is 1. The van der Waals surface area contributed by atoms with E-state index in [1.54, 1.807) is 37.8 Å². The van der Waals surface area contributed by atoms with Crippen LogP contribution >= 0.6 is 0 Å². The molecule has 1 atom stereocenters. The second kappa shape index (κ2) is 10.4. The highest BCUT2D eigenvalue weighted by molar-refractivity contribution is 7.89. The summed E-state index contributed by atoms with van der Waals surface area (Å²) in [6.07, 6.45) is -0.606. The Morgan fingerprint density at radius 2 is 1.72 bits per heavy atom. The molecule has 0 saturated heterocycles. The minimum Gasteiger partial charge on any atom is -0.392 e. The summed E-state index contributed by atoms with van der Waals surface area (Å²) in [6, 6.07) is 15.6. The molecule has 0 aliphatic carbocycles. The Morgan fingerprint density at radius 3 is 2.31 bits per heavy atom. The zero-order chi connectivity index (χ0) is 21.4.